The van der Waals surface area contributed by atoms with Crippen molar-refractivity contribution < 1.29 is 9.18 Å². The van der Waals surface area contributed by atoms with Crippen molar-refractivity contribution in [3.8, 4) is 0 Å². The summed E-state index contributed by atoms with van der Waals surface area (Å²) in [5.74, 6) is -0.427. The highest BCUT2D eigenvalue weighted by atomic mass is 32.1. The van der Waals surface area contributed by atoms with Gasteiger partial charge in [0.1, 0.15) is 5.82 Å². The average molecular weight is 390 g/mol. The summed E-state index contributed by atoms with van der Waals surface area (Å²) in [6.07, 6.45) is 0. The maximum Gasteiger partial charge on any atom is 0.260 e. The lowest BCUT2D eigenvalue weighted by molar-refractivity contribution is 0.0985. The van der Waals surface area contributed by atoms with E-state index in [4.69, 9.17) is 0 Å². The van der Waals surface area contributed by atoms with Gasteiger partial charge in [-0.25, -0.2) is 9.37 Å². The van der Waals surface area contributed by atoms with Gasteiger partial charge in [-0.2, -0.15) is 0 Å². The Kier molecular flexibility index (Phi) is 4.92. The molecule has 3 aromatic carbocycles. The summed E-state index contributed by atoms with van der Waals surface area (Å²) in [7, 11) is 0. The van der Waals surface area contributed by atoms with E-state index in [-0.39, 0.29) is 11.7 Å². The molecule has 0 fully saturated rings. The Morgan fingerprint density at radius 1 is 1.00 bits per heavy atom. The molecule has 0 unspecified atom stereocenters. The van der Waals surface area contributed by atoms with E-state index in [1.165, 1.54) is 23.5 Å². The molecule has 0 saturated carbocycles. The molecule has 0 aliphatic heterocycles. The van der Waals surface area contributed by atoms with Gasteiger partial charge in [0.15, 0.2) is 5.13 Å². The number of fused-ring (bicyclic) bond motifs is 1. The van der Waals surface area contributed by atoms with Crippen LogP contribution in [0, 0.1) is 19.7 Å². The number of aromatic nitrogens is 1. The lowest BCUT2D eigenvalue weighted by atomic mass is 10.1. The van der Waals surface area contributed by atoms with Crippen molar-refractivity contribution in [1.29, 1.82) is 0 Å². The second-order valence-electron chi connectivity index (χ2n) is 6.78. The number of hydrogen-bond donors (Lipinski definition) is 0. The molecule has 1 heterocycles. The predicted molar refractivity (Wildman–Crippen MR) is 112 cm³/mol. The number of benzene rings is 3. The Hall–Kier alpha value is -3.05. The van der Waals surface area contributed by atoms with E-state index >= 15 is 0 Å². The molecule has 4 rings (SSSR count). The number of hydrogen-bond acceptors (Lipinski definition) is 3. The van der Waals surface area contributed by atoms with Crippen molar-refractivity contribution in [3.05, 3.63) is 94.8 Å². The van der Waals surface area contributed by atoms with Crippen molar-refractivity contribution in [2.24, 2.45) is 0 Å². The summed E-state index contributed by atoms with van der Waals surface area (Å²) >= 11 is 1.32. The Morgan fingerprint density at radius 2 is 1.79 bits per heavy atom. The topological polar surface area (TPSA) is 33.2 Å². The molecule has 1 amide bonds. The van der Waals surface area contributed by atoms with Crippen LogP contribution in [0.4, 0.5) is 9.52 Å². The van der Waals surface area contributed by atoms with Crippen LogP contribution in [0.5, 0.6) is 0 Å². The maximum absolute atomic E-state index is 13.6. The fourth-order valence-electron chi connectivity index (χ4n) is 3.02. The van der Waals surface area contributed by atoms with Gasteiger partial charge in [-0.3, -0.25) is 9.69 Å². The molecular weight excluding hydrogens is 371 g/mol. The van der Waals surface area contributed by atoms with Gasteiger partial charge in [-0.1, -0.05) is 47.7 Å². The SMILES string of the molecule is Cc1ccc(C(=O)N(Cc2ccccc2)c2nc3ccc(F)cc3s2)cc1C. The zero-order valence-corrected chi connectivity index (χ0v) is 16.5. The van der Waals surface area contributed by atoms with Crippen molar-refractivity contribution in [2.45, 2.75) is 20.4 Å². The van der Waals surface area contributed by atoms with E-state index in [0.717, 1.165) is 21.4 Å². The summed E-state index contributed by atoms with van der Waals surface area (Å²) in [6, 6.07) is 20.0. The number of rotatable bonds is 4. The van der Waals surface area contributed by atoms with Crippen molar-refractivity contribution >= 4 is 32.6 Å². The number of amides is 1. The number of thiazole rings is 1. The molecule has 0 atom stereocenters. The molecule has 5 heteroatoms. The molecule has 0 aliphatic carbocycles. The Labute approximate surface area is 167 Å². The first-order chi connectivity index (χ1) is 13.5. The molecular formula is C23H19FN2OS. The fraction of sp³-hybridized carbons (Fsp3) is 0.130. The number of carbonyl (C=O) groups is 1. The summed E-state index contributed by atoms with van der Waals surface area (Å²) in [6.45, 7) is 4.41. The number of anilines is 1. The van der Waals surface area contributed by atoms with Crippen LogP contribution in [0.15, 0.2) is 66.7 Å². The summed E-state index contributed by atoms with van der Waals surface area (Å²) < 4.78 is 14.3. The van der Waals surface area contributed by atoms with Gasteiger partial charge in [-0.05, 0) is 60.9 Å². The third-order valence-electron chi connectivity index (χ3n) is 4.75. The molecule has 0 radical (unpaired) electrons. The second kappa shape index (κ2) is 7.52. The third-order valence-corrected chi connectivity index (χ3v) is 5.79. The first kappa shape index (κ1) is 18.3. The molecule has 0 N–H and O–H groups in total. The first-order valence-corrected chi connectivity index (χ1v) is 9.82. The smallest absolute Gasteiger partial charge is 0.260 e. The molecule has 140 valence electrons. The fourth-order valence-corrected chi connectivity index (χ4v) is 4.01. The van der Waals surface area contributed by atoms with E-state index in [1.54, 1.807) is 11.0 Å². The zero-order valence-electron chi connectivity index (χ0n) is 15.6. The Morgan fingerprint density at radius 3 is 2.54 bits per heavy atom. The van der Waals surface area contributed by atoms with Crippen LogP contribution in [0.1, 0.15) is 27.0 Å². The van der Waals surface area contributed by atoms with Crippen LogP contribution in [0.2, 0.25) is 0 Å². The second-order valence-corrected chi connectivity index (χ2v) is 7.79. The summed E-state index contributed by atoms with van der Waals surface area (Å²) in [4.78, 5) is 19.6. The quantitative estimate of drug-likeness (QED) is 0.435. The molecule has 3 nitrogen and oxygen atoms in total. The van der Waals surface area contributed by atoms with Gasteiger partial charge in [0.05, 0.1) is 16.8 Å². The van der Waals surface area contributed by atoms with Crippen LogP contribution >= 0.6 is 11.3 Å². The maximum atomic E-state index is 13.6. The van der Waals surface area contributed by atoms with Gasteiger partial charge in [-0.15, -0.1) is 0 Å². The number of halogens is 1. The normalized spacial score (nSPS) is 11.0. The molecule has 0 spiro atoms. The van der Waals surface area contributed by atoms with Crippen LogP contribution in [-0.2, 0) is 6.54 Å². The van der Waals surface area contributed by atoms with Crippen LogP contribution in [0.25, 0.3) is 10.2 Å². The molecule has 4 aromatic rings. The van der Waals surface area contributed by atoms with Crippen LogP contribution in [0.3, 0.4) is 0 Å². The van der Waals surface area contributed by atoms with Crippen molar-refractivity contribution in [3.63, 3.8) is 0 Å². The summed E-state index contributed by atoms with van der Waals surface area (Å²) in [5.41, 5.74) is 4.51. The van der Waals surface area contributed by atoms with Gasteiger partial charge in [0.2, 0.25) is 0 Å². The number of nitrogens with zero attached hydrogens (tertiary/aromatic N) is 2. The van der Waals surface area contributed by atoms with E-state index in [2.05, 4.69) is 4.98 Å². The van der Waals surface area contributed by atoms with E-state index in [1.807, 2.05) is 62.4 Å². The predicted octanol–water partition coefficient (Wildman–Crippen LogP) is 5.90. The monoisotopic (exact) mass is 390 g/mol. The van der Waals surface area contributed by atoms with Gasteiger partial charge >= 0.3 is 0 Å². The standard InChI is InChI=1S/C23H19FN2OS/c1-15-8-9-18(12-16(15)2)22(27)26(14-17-6-4-3-5-7-17)23-25-20-11-10-19(24)13-21(20)28-23/h3-13H,14H2,1-2H3. The Balaban J connectivity index is 1.78. The third kappa shape index (κ3) is 3.66. The van der Waals surface area contributed by atoms with Gasteiger partial charge in [0.25, 0.3) is 5.91 Å². The van der Waals surface area contributed by atoms with Crippen molar-refractivity contribution in [1.82, 2.24) is 4.98 Å². The highest BCUT2D eigenvalue weighted by Crippen LogP contribution is 2.31. The number of carbonyl (C=O) groups excluding carboxylic acids is 1. The molecule has 1 aromatic heterocycles. The molecule has 0 bridgehead atoms. The molecule has 0 aliphatic rings. The minimum absolute atomic E-state index is 0.119. The first-order valence-electron chi connectivity index (χ1n) is 9.00. The van der Waals surface area contributed by atoms with Crippen molar-refractivity contribution in [2.75, 3.05) is 4.90 Å². The minimum atomic E-state index is -0.308. The largest absolute Gasteiger partial charge is 0.279 e. The van der Waals surface area contributed by atoms with Crippen LogP contribution in [-0.4, -0.2) is 10.9 Å². The number of aryl methyl sites for hydroxylation is 2. The zero-order chi connectivity index (χ0) is 19.7. The average Bonchev–Trinajstić information content (AvgIpc) is 3.11. The lowest BCUT2D eigenvalue weighted by Crippen LogP contribution is -2.30. The molecule has 28 heavy (non-hydrogen) atoms. The van der Waals surface area contributed by atoms with Gasteiger partial charge in [0, 0.05) is 5.56 Å². The highest BCUT2D eigenvalue weighted by Gasteiger charge is 2.22. The highest BCUT2D eigenvalue weighted by molar-refractivity contribution is 7.22. The minimum Gasteiger partial charge on any atom is -0.279 e. The van der Waals surface area contributed by atoms with E-state index < -0.39 is 0 Å². The molecule has 0 saturated heterocycles. The van der Waals surface area contributed by atoms with E-state index in [0.29, 0.717) is 22.8 Å². The van der Waals surface area contributed by atoms with Gasteiger partial charge < -0.3 is 0 Å². The van der Waals surface area contributed by atoms with E-state index in [9.17, 15) is 9.18 Å². The van der Waals surface area contributed by atoms with Crippen LogP contribution < -0.4 is 4.90 Å². The Bertz CT molecular complexity index is 1150. The summed E-state index contributed by atoms with van der Waals surface area (Å²) in [5, 5.41) is 0.563. The lowest BCUT2D eigenvalue weighted by Gasteiger charge is -2.20.